The Morgan fingerprint density at radius 2 is 2.08 bits per heavy atom. The van der Waals surface area contributed by atoms with E-state index in [1.54, 1.807) is 0 Å². The monoisotopic (exact) mass is 351 g/mol. The van der Waals surface area contributed by atoms with Gasteiger partial charge >= 0.3 is 5.97 Å². The first kappa shape index (κ1) is 17.0. The fourth-order valence-corrected chi connectivity index (χ4v) is 3.00. The molecule has 10 heteroatoms. The molecule has 2 aliphatic heterocycles. The van der Waals surface area contributed by atoms with E-state index < -0.39 is 40.2 Å². The molecule has 0 aromatic carbocycles. The fraction of sp³-hybridized carbons (Fsp3) is 0.467. The molecule has 1 aromatic heterocycles. The first-order valence-corrected chi connectivity index (χ1v) is 7.72. The number of pyridine rings is 1. The van der Waals surface area contributed by atoms with E-state index >= 15 is 0 Å². The summed E-state index contributed by atoms with van der Waals surface area (Å²) >= 11 is 0. The Kier molecular flexibility index (Phi) is 4.21. The largest absolute Gasteiger partial charge is 0.502 e. The van der Waals surface area contributed by atoms with Gasteiger partial charge < -0.3 is 19.8 Å². The first-order valence-electron chi connectivity index (χ1n) is 7.72. The van der Waals surface area contributed by atoms with E-state index in [4.69, 9.17) is 9.84 Å². The summed E-state index contributed by atoms with van der Waals surface area (Å²) in [6.45, 7) is 1.89. The molecule has 1 saturated heterocycles. The number of hydrogen-bond acceptors (Lipinski definition) is 6. The molecule has 25 heavy (non-hydrogen) atoms. The van der Waals surface area contributed by atoms with Gasteiger partial charge in [0.25, 0.3) is 5.91 Å². The van der Waals surface area contributed by atoms with Gasteiger partial charge in [-0.3, -0.25) is 14.4 Å². The van der Waals surface area contributed by atoms with Crippen molar-refractivity contribution < 1.29 is 29.3 Å². The summed E-state index contributed by atoms with van der Waals surface area (Å²) in [7, 11) is 0. The van der Waals surface area contributed by atoms with Crippen molar-refractivity contribution in [1.29, 1.82) is 0 Å². The molecule has 1 aromatic rings. The second-order valence-corrected chi connectivity index (χ2v) is 5.94. The Hall–Kier alpha value is -2.88. The highest BCUT2D eigenvalue weighted by molar-refractivity contribution is 6.00. The lowest BCUT2D eigenvalue weighted by Gasteiger charge is -2.38. The Morgan fingerprint density at radius 3 is 2.64 bits per heavy atom. The van der Waals surface area contributed by atoms with Gasteiger partial charge in [-0.1, -0.05) is 0 Å². The molecule has 2 aliphatic rings. The summed E-state index contributed by atoms with van der Waals surface area (Å²) in [6.07, 6.45) is 2.33. The average Bonchev–Trinajstić information content (AvgIpc) is 3.05. The molecule has 2 amide bonds. The molecule has 1 atom stereocenters. The van der Waals surface area contributed by atoms with Crippen LogP contribution in [-0.2, 0) is 9.53 Å². The molecule has 10 nitrogen and oxygen atoms in total. The van der Waals surface area contributed by atoms with Crippen molar-refractivity contribution in [2.75, 3.05) is 24.8 Å². The first-order chi connectivity index (χ1) is 11.8. The maximum Gasteiger partial charge on any atom is 0.341 e. The standard InChI is InChI=1S/C15H17N3O7/c1-8(19)18-7-16(5-9-3-2-4-25-9)14(22)11-13(21)12(20)10(15(23)24)6-17(11)18/h6,9,21H,2-5,7H2,1H3,(H,23,24)/t9-/m1/s1. The molecular formula is C15H17N3O7. The maximum absolute atomic E-state index is 12.7. The predicted octanol–water partition coefficient (Wildman–Crippen LogP) is -0.671. The number of rotatable bonds is 3. The molecule has 0 unspecified atom stereocenters. The van der Waals surface area contributed by atoms with Crippen molar-refractivity contribution in [3.63, 3.8) is 0 Å². The second kappa shape index (κ2) is 6.20. The van der Waals surface area contributed by atoms with Crippen LogP contribution >= 0.6 is 0 Å². The van der Waals surface area contributed by atoms with E-state index in [-0.39, 0.29) is 19.3 Å². The summed E-state index contributed by atoms with van der Waals surface area (Å²) in [4.78, 5) is 49.1. The number of carbonyl (C=O) groups is 3. The molecule has 2 N–H and O–H groups in total. The van der Waals surface area contributed by atoms with Crippen LogP contribution in [0, 0.1) is 0 Å². The lowest BCUT2D eigenvalue weighted by molar-refractivity contribution is -0.118. The van der Waals surface area contributed by atoms with Gasteiger partial charge in [-0.15, -0.1) is 0 Å². The molecule has 0 bridgehead atoms. The van der Waals surface area contributed by atoms with Gasteiger partial charge in [0.05, 0.1) is 6.10 Å². The van der Waals surface area contributed by atoms with Crippen molar-refractivity contribution in [2.24, 2.45) is 0 Å². The third-order valence-corrected chi connectivity index (χ3v) is 4.26. The summed E-state index contributed by atoms with van der Waals surface area (Å²) in [5.74, 6) is -3.70. The molecule has 0 saturated carbocycles. The van der Waals surface area contributed by atoms with Crippen LogP contribution in [0.5, 0.6) is 5.75 Å². The molecular weight excluding hydrogens is 334 g/mol. The second-order valence-electron chi connectivity index (χ2n) is 5.94. The molecule has 3 heterocycles. The van der Waals surface area contributed by atoms with Gasteiger partial charge in [0.1, 0.15) is 12.2 Å². The zero-order valence-corrected chi connectivity index (χ0v) is 13.5. The number of amides is 2. The summed E-state index contributed by atoms with van der Waals surface area (Å²) < 4.78 is 6.41. The van der Waals surface area contributed by atoms with Crippen molar-refractivity contribution in [3.05, 3.63) is 27.7 Å². The Labute approximate surface area is 141 Å². The van der Waals surface area contributed by atoms with E-state index in [1.807, 2.05) is 0 Å². The molecule has 1 fully saturated rings. The van der Waals surface area contributed by atoms with Crippen LogP contribution in [0.4, 0.5) is 0 Å². The van der Waals surface area contributed by atoms with E-state index in [0.717, 1.165) is 28.7 Å². The van der Waals surface area contributed by atoms with Crippen molar-refractivity contribution in [1.82, 2.24) is 9.58 Å². The van der Waals surface area contributed by atoms with Gasteiger partial charge in [-0.05, 0) is 12.8 Å². The highest BCUT2D eigenvalue weighted by atomic mass is 16.5. The molecule has 0 aliphatic carbocycles. The smallest absolute Gasteiger partial charge is 0.341 e. The lowest BCUT2D eigenvalue weighted by atomic mass is 10.1. The van der Waals surface area contributed by atoms with E-state index in [2.05, 4.69) is 0 Å². The summed E-state index contributed by atoms with van der Waals surface area (Å²) in [5.41, 5.74) is -2.34. The minimum absolute atomic E-state index is 0.137. The average molecular weight is 351 g/mol. The van der Waals surface area contributed by atoms with Crippen LogP contribution in [0.1, 0.15) is 40.6 Å². The van der Waals surface area contributed by atoms with Gasteiger partial charge in [-0.2, -0.15) is 0 Å². The highest BCUT2D eigenvalue weighted by Gasteiger charge is 2.37. The van der Waals surface area contributed by atoms with Gasteiger partial charge in [0.15, 0.2) is 11.4 Å². The third kappa shape index (κ3) is 2.84. The number of carboxylic acid groups (broad SMARTS) is 1. The normalized spacial score (nSPS) is 19.9. The molecule has 134 valence electrons. The number of aromatic carboxylic acids is 1. The van der Waals surface area contributed by atoms with Gasteiger partial charge in [0.2, 0.25) is 11.3 Å². The predicted molar refractivity (Wildman–Crippen MR) is 83.1 cm³/mol. The van der Waals surface area contributed by atoms with Crippen molar-refractivity contribution in [3.8, 4) is 5.75 Å². The minimum atomic E-state index is -1.56. The number of carbonyl (C=O) groups excluding carboxylic acids is 2. The number of aromatic hydroxyl groups is 1. The zero-order valence-electron chi connectivity index (χ0n) is 13.5. The Morgan fingerprint density at radius 1 is 1.36 bits per heavy atom. The summed E-state index contributed by atoms with van der Waals surface area (Å²) in [6, 6.07) is 0. The van der Waals surface area contributed by atoms with Crippen LogP contribution in [-0.4, -0.2) is 63.5 Å². The number of hydrogen-bond donors (Lipinski definition) is 2. The van der Waals surface area contributed by atoms with Crippen LogP contribution < -0.4 is 10.4 Å². The number of fused-ring (bicyclic) bond motifs is 1. The van der Waals surface area contributed by atoms with E-state index in [9.17, 15) is 24.3 Å². The number of ether oxygens (including phenoxy) is 1. The summed E-state index contributed by atoms with van der Waals surface area (Å²) in [5, 5.41) is 20.3. The Balaban J connectivity index is 2.09. The van der Waals surface area contributed by atoms with E-state index in [1.165, 1.54) is 11.8 Å². The number of aromatic nitrogens is 1. The van der Waals surface area contributed by atoms with Crippen LogP contribution in [0.25, 0.3) is 0 Å². The molecule has 0 radical (unpaired) electrons. The van der Waals surface area contributed by atoms with Crippen molar-refractivity contribution in [2.45, 2.75) is 25.9 Å². The quantitative estimate of drug-likeness (QED) is 0.738. The number of nitrogens with zero attached hydrogens (tertiary/aromatic N) is 3. The Bertz CT molecular complexity index is 810. The maximum atomic E-state index is 12.7. The SMILES string of the molecule is CC(=O)N1CN(C[C@H]2CCCO2)C(=O)c2c(O)c(=O)c(C(=O)O)cn21. The van der Waals surface area contributed by atoms with Crippen LogP contribution in [0.3, 0.4) is 0 Å². The van der Waals surface area contributed by atoms with Gasteiger partial charge in [-0.25, -0.2) is 14.5 Å². The lowest BCUT2D eigenvalue weighted by Crippen LogP contribution is -2.57. The van der Waals surface area contributed by atoms with Crippen LogP contribution in [0.15, 0.2) is 11.0 Å². The topological polar surface area (TPSA) is 129 Å². The zero-order chi connectivity index (χ0) is 18.3. The van der Waals surface area contributed by atoms with Gasteiger partial charge in [0, 0.05) is 26.3 Å². The van der Waals surface area contributed by atoms with Crippen LogP contribution in [0.2, 0.25) is 0 Å². The molecule has 0 spiro atoms. The minimum Gasteiger partial charge on any atom is -0.502 e. The van der Waals surface area contributed by atoms with E-state index in [0.29, 0.717) is 6.61 Å². The third-order valence-electron chi connectivity index (χ3n) is 4.26. The highest BCUT2D eigenvalue weighted by Crippen LogP contribution is 2.23. The number of carboxylic acids is 1. The van der Waals surface area contributed by atoms with Crippen molar-refractivity contribution >= 4 is 17.8 Å². The fourth-order valence-electron chi connectivity index (χ4n) is 3.00. The molecule has 3 rings (SSSR count).